The zero-order valence-corrected chi connectivity index (χ0v) is 12.0. The van der Waals surface area contributed by atoms with Crippen molar-refractivity contribution in [3.63, 3.8) is 0 Å². The second-order valence-corrected chi connectivity index (χ2v) is 5.34. The monoisotopic (exact) mass is 266 g/mol. The first kappa shape index (κ1) is 13.7. The van der Waals surface area contributed by atoms with E-state index in [4.69, 9.17) is 11.6 Å². The van der Waals surface area contributed by atoms with Crippen LogP contribution in [0.25, 0.3) is 0 Å². The Morgan fingerprint density at radius 2 is 1.89 bits per heavy atom. The lowest BCUT2D eigenvalue weighted by atomic mass is 10.1. The van der Waals surface area contributed by atoms with Crippen LogP contribution in [0.1, 0.15) is 38.2 Å². The average Bonchev–Trinajstić information content (AvgIpc) is 2.65. The molecule has 1 aromatic carbocycles. The summed E-state index contributed by atoms with van der Waals surface area (Å²) < 4.78 is 0. The lowest BCUT2D eigenvalue weighted by Crippen LogP contribution is -2.26. The largest absolute Gasteiger partial charge is 0.370 e. The first-order chi connectivity index (χ1) is 8.83. The highest BCUT2D eigenvalue weighted by atomic mass is 35.5. The second-order valence-electron chi connectivity index (χ2n) is 4.93. The van der Waals surface area contributed by atoms with Crippen LogP contribution in [-0.2, 0) is 6.54 Å². The number of hydrogen-bond acceptors (Lipinski definition) is 2. The molecule has 0 saturated carbocycles. The van der Waals surface area contributed by atoms with E-state index in [1.807, 2.05) is 6.07 Å². The molecule has 1 saturated heterocycles. The fraction of sp³-hybridized carbons (Fsp3) is 0.600. The Kier molecular flexibility index (Phi) is 5.33. The van der Waals surface area contributed by atoms with Gasteiger partial charge in [0.25, 0.3) is 0 Å². The number of nitrogens with one attached hydrogen (secondary N) is 1. The molecular formula is C15H23ClN2. The number of hydrogen-bond donors (Lipinski definition) is 1. The summed E-state index contributed by atoms with van der Waals surface area (Å²) in [6, 6.07) is 6.25. The van der Waals surface area contributed by atoms with Gasteiger partial charge in [0.2, 0.25) is 0 Å². The van der Waals surface area contributed by atoms with E-state index in [1.165, 1.54) is 36.9 Å². The molecule has 1 heterocycles. The smallest absolute Gasteiger partial charge is 0.0642 e. The molecule has 1 N–H and O–H groups in total. The number of nitrogens with zero attached hydrogens (tertiary/aromatic N) is 1. The highest BCUT2D eigenvalue weighted by molar-refractivity contribution is 6.33. The molecule has 100 valence electrons. The van der Waals surface area contributed by atoms with Crippen molar-refractivity contribution in [2.24, 2.45) is 0 Å². The molecule has 0 aromatic heterocycles. The fourth-order valence-corrected chi connectivity index (χ4v) is 2.92. The van der Waals surface area contributed by atoms with E-state index < -0.39 is 0 Å². The minimum atomic E-state index is 0.896. The van der Waals surface area contributed by atoms with E-state index in [2.05, 4.69) is 29.3 Å². The summed E-state index contributed by atoms with van der Waals surface area (Å²) >= 11 is 6.43. The number of para-hydroxylation sites is 1. The van der Waals surface area contributed by atoms with E-state index in [-0.39, 0.29) is 0 Å². The maximum atomic E-state index is 6.43. The summed E-state index contributed by atoms with van der Waals surface area (Å²) in [6.45, 7) is 6.32. The quantitative estimate of drug-likeness (QED) is 0.891. The minimum absolute atomic E-state index is 0.896. The van der Waals surface area contributed by atoms with Gasteiger partial charge in [-0.2, -0.15) is 0 Å². The molecule has 1 fully saturated rings. The Morgan fingerprint density at radius 3 is 2.56 bits per heavy atom. The van der Waals surface area contributed by atoms with Crippen molar-refractivity contribution in [2.45, 2.75) is 39.2 Å². The van der Waals surface area contributed by atoms with Crippen molar-refractivity contribution < 1.29 is 0 Å². The third-order valence-corrected chi connectivity index (χ3v) is 3.86. The molecule has 0 unspecified atom stereocenters. The summed E-state index contributed by atoms with van der Waals surface area (Å²) in [5, 5.41) is 4.30. The van der Waals surface area contributed by atoms with Gasteiger partial charge >= 0.3 is 0 Å². The van der Waals surface area contributed by atoms with Gasteiger partial charge in [-0.15, -0.1) is 0 Å². The maximum absolute atomic E-state index is 6.43. The van der Waals surface area contributed by atoms with Crippen molar-refractivity contribution >= 4 is 17.3 Å². The highest BCUT2D eigenvalue weighted by Gasteiger charge is 2.16. The van der Waals surface area contributed by atoms with Crippen molar-refractivity contribution in [1.82, 2.24) is 5.32 Å². The molecule has 1 aromatic rings. The fourth-order valence-electron chi connectivity index (χ4n) is 2.61. The molecule has 0 amide bonds. The predicted octanol–water partition coefficient (Wildman–Crippen LogP) is 3.83. The Morgan fingerprint density at radius 1 is 1.17 bits per heavy atom. The van der Waals surface area contributed by atoms with Crippen LogP contribution < -0.4 is 10.2 Å². The van der Waals surface area contributed by atoms with Gasteiger partial charge < -0.3 is 10.2 Å². The van der Waals surface area contributed by atoms with Crippen LogP contribution in [-0.4, -0.2) is 19.6 Å². The van der Waals surface area contributed by atoms with Crippen LogP contribution >= 0.6 is 11.6 Å². The van der Waals surface area contributed by atoms with Crippen LogP contribution in [0.2, 0.25) is 5.02 Å². The van der Waals surface area contributed by atoms with Gasteiger partial charge in [0, 0.05) is 19.6 Å². The Bertz CT molecular complexity index is 371. The molecule has 0 radical (unpaired) electrons. The lowest BCUT2D eigenvalue weighted by molar-refractivity contribution is 0.716. The van der Waals surface area contributed by atoms with Crippen LogP contribution in [0.5, 0.6) is 0 Å². The Balaban J connectivity index is 2.22. The highest BCUT2D eigenvalue weighted by Crippen LogP contribution is 2.31. The maximum Gasteiger partial charge on any atom is 0.0642 e. The number of rotatable bonds is 4. The predicted molar refractivity (Wildman–Crippen MR) is 79.5 cm³/mol. The third kappa shape index (κ3) is 3.39. The van der Waals surface area contributed by atoms with Crippen molar-refractivity contribution in [3.05, 3.63) is 28.8 Å². The number of anilines is 1. The van der Waals surface area contributed by atoms with Crippen LogP contribution in [0.15, 0.2) is 18.2 Å². The van der Waals surface area contributed by atoms with Gasteiger partial charge in [0.1, 0.15) is 0 Å². The van der Waals surface area contributed by atoms with E-state index >= 15 is 0 Å². The van der Waals surface area contributed by atoms with Gasteiger partial charge in [0.15, 0.2) is 0 Å². The third-order valence-electron chi connectivity index (χ3n) is 3.56. The standard InChI is InChI=1S/C15H23ClN2/c1-2-17-12-13-8-7-9-14(16)15(13)18-10-5-3-4-6-11-18/h7-9,17H,2-6,10-12H2,1H3. The molecule has 1 aliphatic heterocycles. The number of halogens is 1. The lowest BCUT2D eigenvalue weighted by Gasteiger charge is -2.26. The molecule has 1 aliphatic rings. The van der Waals surface area contributed by atoms with Crippen molar-refractivity contribution in [1.29, 1.82) is 0 Å². The normalized spacial score (nSPS) is 16.7. The summed E-state index contributed by atoms with van der Waals surface area (Å²) in [4.78, 5) is 2.47. The first-order valence-electron chi connectivity index (χ1n) is 7.06. The topological polar surface area (TPSA) is 15.3 Å². The van der Waals surface area contributed by atoms with Gasteiger partial charge in [-0.25, -0.2) is 0 Å². The molecule has 3 heteroatoms. The van der Waals surface area contributed by atoms with E-state index in [0.29, 0.717) is 0 Å². The minimum Gasteiger partial charge on any atom is -0.370 e. The average molecular weight is 267 g/mol. The summed E-state index contributed by atoms with van der Waals surface area (Å²) in [6.07, 6.45) is 5.27. The van der Waals surface area contributed by atoms with E-state index in [9.17, 15) is 0 Å². The number of benzene rings is 1. The van der Waals surface area contributed by atoms with E-state index in [0.717, 1.165) is 31.2 Å². The zero-order valence-electron chi connectivity index (χ0n) is 11.2. The van der Waals surface area contributed by atoms with Gasteiger partial charge in [0.05, 0.1) is 10.7 Å². The zero-order chi connectivity index (χ0) is 12.8. The van der Waals surface area contributed by atoms with Crippen molar-refractivity contribution in [2.75, 3.05) is 24.5 Å². The Hall–Kier alpha value is -0.730. The van der Waals surface area contributed by atoms with Crippen LogP contribution in [0.4, 0.5) is 5.69 Å². The molecule has 0 bridgehead atoms. The molecular weight excluding hydrogens is 244 g/mol. The molecule has 2 rings (SSSR count). The molecule has 0 aliphatic carbocycles. The SMILES string of the molecule is CCNCc1cccc(Cl)c1N1CCCCCC1. The summed E-state index contributed by atoms with van der Waals surface area (Å²) in [5.74, 6) is 0. The molecule has 0 spiro atoms. The summed E-state index contributed by atoms with van der Waals surface area (Å²) in [7, 11) is 0. The molecule has 18 heavy (non-hydrogen) atoms. The molecule has 2 nitrogen and oxygen atoms in total. The van der Waals surface area contributed by atoms with Crippen LogP contribution in [0, 0.1) is 0 Å². The summed E-state index contributed by atoms with van der Waals surface area (Å²) in [5.41, 5.74) is 2.58. The van der Waals surface area contributed by atoms with E-state index in [1.54, 1.807) is 0 Å². The van der Waals surface area contributed by atoms with Gasteiger partial charge in [-0.05, 0) is 31.0 Å². The second kappa shape index (κ2) is 7.01. The first-order valence-corrected chi connectivity index (χ1v) is 7.43. The van der Waals surface area contributed by atoms with Crippen molar-refractivity contribution in [3.8, 4) is 0 Å². The van der Waals surface area contributed by atoms with Gasteiger partial charge in [-0.3, -0.25) is 0 Å². The van der Waals surface area contributed by atoms with Crippen LogP contribution in [0.3, 0.4) is 0 Å². The Labute approximate surface area is 115 Å². The van der Waals surface area contributed by atoms with Gasteiger partial charge in [-0.1, -0.05) is 43.5 Å². The molecule has 0 atom stereocenters.